The lowest BCUT2D eigenvalue weighted by Gasteiger charge is -2.29. The van der Waals surface area contributed by atoms with Gasteiger partial charge in [-0.25, -0.2) is 4.39 Å². The zero-order valence-electron chi connectivity index (χ0n) is 10.3. The maximum atomic E-state index is 13.4. The topological polar surface area (TPSA) is 21.3 Å². The highest BCUT2D eigenvalue weighted by Gasteiger charge is 2.33. The van der Waals surface area contributed by atoms with Crippen molar-refractivity contribution < 1.29 is 9.13 Å². The Morgan fingerprint density at radius 2 is 1.83 bits per heavy atom. The van der Waals surface area contributed by atoms with Crippen molar-refractivity contribution in [1.29, 1.82) is 0 Å². The molecular weight excluding hydrogens is 253 g/mol. The maximum Gasteiger partial charge on any atom is 0.128 e. The van der Waals surface area contributed by atoms with Gasteiger partial charge in [0.2, 0.25) is 0 Å². The summed E-state index contributed by atoms with van der Waals surface area (Å²) in [5, 5.41) is 3.58. The van der Waals surface area contributed by atoms with Gasteiger partial charge in [0.15, 0.2) is 0 Å². The summed E-state index contributed by atoms with van der Waals surface area (Å²) in [4.78, 5) is 0. The molecule has 2 bridgehead atoms. The Morgan fingerprint density at radius 1 is 1.17 bits per heavy atom. The molecule has 0 aliphatic carbocycles. The number of halogens is 2. The Hall–Kier alpha value is -0.640. The van der Waals surface area contributed by atoms with Crippen LogP contribution in [0.1, 0.15) is 31.2 Å². The lowest BCUT2D eigenvalue weighted by Crippen LogP contribution is -2.41. The predicted octanol–water partition coefficient (Wildman–Crippen LogP) is 3.05. The number of rotatable bonds is 3. The van der Waals surface area contributed by atoms with Crippen molar-refractivity contribution in [3.8, 4) is 0 Å². The Labute approximate surface area is 113 Å². The molecule has 0 saturated carbocycles. The second kappa shape index (κ2) is 6.00. The monoisotopic (exact) mass is 271 g/mol. The lowest BCUT2D eigenvalue weighted by atomic mass is 10.0. The molecule has 100 valence electrons. The molecule has 2 saturated heterocycles. The third-order valence-electron chi connectivity index (χ3n) is 3.86. The first kappa shape index (κ1) is 13.8. The molecule has 2 fully saturated rings. The molecule has 2 atom stereocenters. The zero-order chi connectivity index (χ0) is 11.7. The van der Waals surface area contributed by atoms with Crippen molar-refractivity contribution in [3.05, 3.63) is 35.6 Å². The lowest BCUT2D eigenvalue weighted by molar-refractivity contribution is 0.00799. The van der Waals surface area contributed by atoms with Gasteiger partial charge in [-0.15, -0.1) is 12.4 Å². The van der Waals surface area contributed by atoms with E-state index in [0.29, 0.717) is 30.4 Å². The van der Waals surface area contributed by atoms with Gasteiger partial charge in [-0.05, 0) is 31.7 Å². The zero-order valence-corrected chi connectivity index (χ0v) is 11.1. The van der Waals surface area contributed by atoms with Gasteiger partial charge in [-0.1, -0.05) is 18.2 Å². The average molecular weight is 272 g/mol. The van der Waals surface area contributed by atoms with Crippen LogP contribution in [0.5, 0.6) is 0 Å². The summed E-state index contributed by atoms with van der Waals surface area (Å²) in [6.07, 6.45) is 4.98. The molecule has 1 aromatic rings. The van der Waals surface area contributed by atoms with Crippen molar-refractivity contribution in [2.45, 2.75) is 50.5 Å². The van der Waals surface area contributed by atoms with Crippen LogP contribution in [-0.4, -0.2) is 18.2 Å². The van der Waals surface area contributed by atoms with E-state index < -0.39 is 0 Å². The fourth-order valence-corrected chi connectivity index (χ4v) is 2.96. The van der Waals surface area contributed by atoms with E-state index in [4.69, 9.17) is 4.74 Å². The summed E-state index contributed by atoms with van der Waals surface area (Å²) < 4.78 is 19.3. The minimum atomic E-state index is -0.163. The smallest absolute Gasteiger partial charge is 0.128 e. The van der Waals surface area contributed by atoms with Crippen LogP contribution in [0, 0.1) is 5.82 Å². The quantitative estimate of drug-likeness (QED) is 0.912. The average Bonchev–Trinajstić information content (AvgIpc) is 2.68. The summed E-state index contributed by atoms with van der Waals surface area (Å²) in [7, 11) is 0. The minimum Gasteiger partial charge on any atom is -0.373 e. The molecule has 2 aliphatic rings. The summed E-state index contributed by atoms with van der Waals surface area (Å²) in [5.41, 5.74) is 0.665. The standard InChI is InChI=1S/C14H18FNO.ClH/c15-14-4-2-1-3-10(14)9-17-13-7-11-5-6-12(8-13)16-11;/h1-4,11-13,16H,5-9H2;1H. The van der Waals surface area contributed by atoms with Gasteiger partial charge in [0.1, 0.15) is 5.82 Å². The SMILES string of the molecule is Cl.Fc1ccccc1COC1CC2CCC(C1)N2. The van der Waals surface area contributed by atoms with Gasteiger partial charge in [-0.3, -0.25) is 0 Å². The Morgan fingerprint density at radius 3 is 2.50 bits per heavy atom. The van der Waals surface area contributed by atoms with Crippen LogP contribution in [0.25, 0.3) is 0 Å². The van der Waals surface area contributed by atoms with Crippen LogP contribution >= 0.6 is 12.4 Å². The fraction of sp³-hybridized carbons (Fsp3) is 0.571. The molecule has 0 spiro atoms. The first-order valence-corrected chi connectivity index (χ1v) is 6.42. The van der Waals surface area contributed by atoms with E-state index in [0.717, 1.165) is 12.8 Å². The van der Waals surface area contributed by atoms with Gasteiger partial charge < -0.3 is 10.1 Å². The third-order valence-corrected chi connectivity index (χ3v) is 3.86. The van der Waals surface area contributed by atoms with Crippen molar-refractivity contribution in [2.75, 3.05) is 0 Å². The second-order valence-corrected chi connectivity index (χ2v) is 5.13. The van der Waals surface area contributed by atoms with Crippen LogP contribution in [-0.2, 0) is 11.3 Å². The van der Waals surface area contributed by atoms with Crippen LogP contribution in [0.3, 0.4) is 0 Å². The predicted molar refractivity (Wildman–Crippen MR) is 71.4 cm³/mol. The van der Waals surface area contributed by atoms with Gasteiger partial charge in [0, 0.05) is 17.6 Å². The molecule has 1 aromatic carbocycles. The van der Waals surface area contributed by atoms with E-state index in [1.54, 1.807) is 12.1 Å². The van der Waals surface area contributed by atoms with Crippen LogP contribution in [0.15, 0.2) is 24.3 Å². The molecular formula is C14H19ClFNO. The van der Waals surface area contributed by atoms with Crippen LogP contribution in [0.2, 0.25) is 0 Å². The van der Waals surface area contributed by atoms with Gasteiger partial charge in [0.25, 0.3) is 0 Å². The van der Waals surface area contributed by atoms with Crippen molar-refractivity contribution in [2.24, 2.45) is 0 Å². The van der Waals surface area contributed by atoms with Crippen molar-refractivity contribution in [1.82, 2.24) is 5.32 Å². The van der Waals surface area contributed by atoms with Crippen molar-refractivity contribution in [3.63, 3.8) is 0 Å². The van der Waals surface area contributed by atoms with Crippen LogP contribution in [0.4, 0.5) is 4.39 Å². The normalized spacial score (nSPS) is 29.9. The Kier molecular flexibility index (Phi) is 4.60. The highest BCUT2D eigenvalue weighted by atomic mass is 35.5. The molecule has 2 unspecified atom stereocenters. The summed E-state index contributed by atoms with van der Waals surface area (Å²) in [5.74, 6) is -0.163. The Balaban J connectivity index is 0.00000120. The number of fused-ring (bicyclic) bond motifs is 2. The van der Waals surface area contributed by atoms with E-state index in [9.17, 15) is 4.39 Å². The van der Waals surface area contributed by atoms with Crippen molar-refractivity contribution >= 4 is 12.4 Å². The first-order chi connectivity index (χ1) is 8.31. The van der Waals surface area contributed by atoms with E-state index >= 15 is 0 Å². The van der Waals surface area contributed by atoms with Gasteiger partial charge in [0.05, 0.1) is 12.7 Å². The minimum absolute atomic E-state index is 0. The number of benzene rings is 1. The molecule has 2 nitrogen and oxygen atoms in total. The molecule has 2 heterocycles. The second-order valence-electron chi connectivity index (χ2n) is 5.13. The van der Waals surface area contributed by atoms with E-state index in [1.165, 1.54) is 18.9 Å². The maximum absolute atomic E-state index is 13.4. The van der Waals surface area contributed by atoms with Gasteiger partial charge >= 0.3 is 0 Å². The van der Waals surface area contributed by atoms with E-state index in [-0.39, 0.29) is 18.2 Å². The van der Waals surface area contributed by atoms with E-state index in [1.807, 2.05) is 6.07 Å². The number of hydrogen-bond acceptors (Lipinski definition) is 2. The molecule has 2 aliphatic heterocycles. The first-order valence-electron chi connectivity index (χ1n) is 6.42. The fourth-order valence-electron chi connectivity index (χ4n) is 2.96. The molecule has 18 heavy (non-hydrogen) atoms. The molecule has 0 aromatic heterocycles. The highest BCUT2D eigenvalue weighted by molar-refractivity contribution is 5.85. The van der Waals surface area contributed by atoms with Crippen LogP contribution < -0.4 is 5.32 Å². The molecule has 0 amide bonds. The molecule has 4 heteroatoms. The number of ether oxygens (including phenoxy) is 1. The summed E-state index contributed by atoms with van der Waals surface area (Å²) >= 11 is 0. The third kappa shape index (κ3) is 3.02. The Bertz CT molecular complexity index is 389. The molecule has 3 rings (SSSR count). The number of hydrogen-bond donors (Lipinski definition) is 1. The number of piperidine rings is 1. The summed E-state index contributed by atoms with van der Waals surface area (Å²) in [6.45, 7) is 0.400. The van der Waals surface area contributed by atoms with E-state index in [2.05, 4.69) is 5.32 Å². The molecule has 1 N–H and O–H groups in total. The number of nitrogens with one attached hydrogen (secondary N) is 1. The highest BCUT2D eigenvalue weighted by Crippen LogP contribution is 2.29. The molecule has 0 radical (unpaired) electrons. The van der Waals surface area contributed by atoms with Gasteiger partial charge in [-0.2, -0.15) is 0 Å². The largest absolute Gasteiger partial charge is 0.373 e. The summed E-state index contributed by atoms with van der Waals surface area (Å²) in [6, 6.07) is 8.10.